The molecule has 6 nitrogen and oxygen atoms in total. The average molecular weight is 429 g/mol. The molecule has 29 heavy (non-hydrogen) atoms. The Hall–Kier alpha value is -2.32. The Labute approximate surface area is 178 Å². The Balaban J connectivity index is 1.20. The van der Waals surface area contributed by atoms with Gasteiger partial charge in [0, 0.05) is 30.8 Å². The Morgan fingerprint density at radius 1 is 1.21 bits per heavy atom. The van der Waals surface area contributed by atoms with Crippen molar-refractivity contribution in [3.05, 3.63) is 40.3 Å². The van der Waals surface area contributed by atoms with Gasteiger partial charge in [-0.15, -0.1) is 22.7 Å². The average Bonchev–Trinajstić information content (AvgIpc) is 3.33. The Bertz CT molecular complexity index is 972. The van der Waals surface area contributed by atoms with Crippen molar-refractivity contribution in [1.29, 1.82) is 0 Å². The number of rotatable bonds is 6. The number of nitrogens with zero attached hydrogens (tertiary/aromatic N) is 3. The third-order valence-corrected chi connectivity index (χ3v) is 7.16. The highest BCUT2D eigenvalue weighted by Gasteiger charge is 2.27. The van der Waals surface area contributed by atoms with E-state index in [1.54, 1.807) is 11.3 Å². The van der Waals surface area contributed by atoms with Crippen LogP contribution in [0.1, 0.15) is 36.4 Å². The minimum atomic E-state index is -0.0500. The van der Waals surface area contributed by atoms with Gasteiger partial charge in [-0.2, -0.15) is 0 Å². The number of hydrogen-bond acceptors (Lipinski definition) is 6. The summed E-state index contributed by atoms with van der Waals surface area (Å²) in [4.78, 5) is 35.7. The number of benzene rings is 1. The molecule has 0 spiro atoms. The zero-order valence-corrected chi connectivity index (χ0v) is 18.0. The molecule has 1 aliphatic heterocycles. The van der Waals surface area contributed by atoms with Crippen molar-refractivity contribution in [3.63, 3.8) is 0 Å². The first kappa shape index (κ1) is 20.0. The summed E-state index contributed by atoms with van der Waals surface area (Å²) in [6.45, 7) is 3.21. The van der Waals surface area contributed by atoms with Crippen molar-refractivity contribution in [2.45, 2.75) is 39.0 Å². The minimum Gasteiger partial charge on any atom is -0.343 e. The highest BCUT2D eigenvalue weighted by Crippen LogP contribution is 2.24. The SMILES string of the molecule is Cc1csc(NC(=O)C2CCN(C(=O)CCCc3nc4ccccc4s3)CC2)n1. The van der Waals surface area contributed by atoms with Gasteiger partial charge in [0.25, 0.3) is 0 Å². The summed E-state index contributed by atoms with van der Waals surface area (Å²) >= 11 is 3.15. The first-order valence-electron chi connectivity index (χ1n) is 9.94. The number of piperidine rings is 1. The lowest BCUT2D eigenvalue weighted by Crippen LogP contribution is -2.41. The van der Waals surface area contributed by atoms with E-state index in [4.69, 9.17) is 0 Å². The fourth-order valence-electron chi connectivity index (χ4n) is 3.59. The number of hydrogen-bond donors (Lipinski definition) is 1. The molecule has 8 heteroatoms. The van der Waals surface area contributed by atoms with E-state index in [2.05, 4.69) is 21.4 Å². The number of thiazole rings is 2. The third-order valence-electron chi connectivity index (χ3n) is 5.19. The number of aryl methyl sites for hydroxylation is 2. The van der Waals surface area contributed by atoms with E-state index in [0.29, 0.717) is 37.5 Å². The van der Waals surface area contributed by atoms with Crippen LogP contribution < -0.4 is 5.32 Å². The first-order chi connectivity index (χ1) is 14.1. The fraction of sp³-hybridized carbons (Fsp3) is 0.429. The van der Waals surface area contributed by atoms with Crippen LogP contribution in [-0.4, -0.2) is 39.8 Å². The lowest BCUT2D eigenvalue weighted by atomic mass is 9.95. The summed E-state index contributed by atoms with van der Waals surface area (Å²) < 4.78 is 1.20. The van der Waals surface area contributed by atoms with Gasteiger partial charge in [-0.1, -0.05) is 12.1 Å². The molecule has 0 aliphatic carbocycles. The summed E-state index contributed by atoms with van der Waals surface area (Å²) in [6.07, 6.45) is 3.59. The van der Waals surface area contributed by atoms with Crippen LogP contribution in [0.2, 0.25) is 0 Å². The van der Waals surface area contributed by atoms with Gasteiger partial charge >= 0.3 is 0 Å². The molecule has 2 amide bonds. The second kappa shape index (κ2) is 9.00. The summed E-state index contributed by atoms with van der Waals surface area (Å²) in [7, 11) is 0. The standard InChI is InChI=1S/C21H24N4O2S2/c1-14-13-28-21(22-14)24-20(27)15-9-11-25(12-10-15)19(26)8-4-7-18-23-16-5-2-3-6-17(16)29-18/h2-3,5-6,13,15H,4,7-12H2,1H3,(H,22,24,27). The number of carbonyl (C=O) groups is 2. The van der Waals surface area contributed by atoms with Crippen LogP contribution in [0.5, 0.6) is 0 Å². The quantitative estimate of drug-likeness (QED) is 0.636. The van der Waals surface area contributed by atoms with E-state index < -0.39 is 0 Å². The van der Waals surface area contributed by atoms with E-state index in [1.165, 1.54) is 16.0 Å². The summed E-state index contributed by atoms with van der Waals surface area (Å²) in [5.74, 6) is 0.147. The summed E-state index contributed by atoms with van der Waals surface area (Å²) in [5, 5.41) is 6.56. The number of nitrogens with one attached hydrogen (secondary N) is 1. The van der Waals surface area contributed by atoms with Crippen molar-refractivity contribution in [3.8, 4) is 0 Å². The third kappa shape index (κ3) is 5.00. The molecule has 1 aromatic carbocycles. The maximum absolute atomic E-state index is 12.5. The summed E-state index contributed by atoms with van der Waals surface area (Å²) in [5.41, 5.74) is 1.95. The number of aromatic nitrogens is 2. The molecule has 1 fully saturated rings. The zero-order valence-electron chi connectivity index (χ0n) is 16.4. The number of anilines is 1. The van der Waals surface area contributed by atoms with Crippen LogP contribution in [0.15, 0.2) is 29.6 Å². The van der Waals surface area contributed by atoms with Gasteiger partial charge in [0.2, 0.25) is 11.8 Å². The van der Waals surface area contributed by atoms with Crippen molar-refractivity contribution >= 4 is 49.8 Å². The van der Waals surface area contributed by atoms with E-state index in [9.17, 15) is 9.59 Å². The molecule has 0 bridgehead atoms. The van der Waals surface area contributed by atoms with Crippen LogP contribution in [0, 0.1) is 12.8 Å². The maximum Gasteiger partial charge on any atom is 0.229 e. The van der Waals surface area contributed by atoms with Gasteiger partial charge in [-0.3, -0.25) is 9.59 Å². The zero-order chi connectivity index (χ0) is 20.2. The van der Waals surface area contributed by atoms with Crippen molar-refractivity contribution in [2.24, 2.45) is 5.92 Å². The molecule has 3 heterocycles. The lowest BCUT2D eigenvalue weighted by molar-refractivity contribution is -0.134. The highest BCUT2D eigenvalue weighted by molar-refractivity contribution is 7.18. The van der Waals surface area contributed by atoms with Crippen LogP contribution in [-0.2, 0) is 16.0 Å². The Morgan fingerprint density at radius 2 is 2.00 bits per heavy atom. The fourth-order valence-corrected chi connectivity index (χ4v) is 5.29. The van der Waals surface area contributed by atoms with Crippen molar-refractivity contribution < 1.29 is 9.59 Å². The molecule has 4 rings (SSSR count). The van der Waals surface area contributed by atoms with Gasteiger partial charge in [0.15, 0.2) is 5.13 Å². The van der Waals surface area contributed by atoms with Gasteiger partial charge in [0.1, 0.15) is 0 Å². The predicted octanol–water partition coefficient (Wildman–Crippen LogP) is 4.26. The second-order valence-corrected chi connectivity index (χ2v) is 9.34. The molecule has 1 N–H and O–H groups in total. The molecule has 0 radical (unpaired) electrons. The first-order valence-corrected chi connectivity index (χ1v) is 11.6. The Morgan fingerprint density at radius 3 is 2.72 bits per heavy atom. The number of para-hydroxylation sites is 1. The normalized spacial score (nSPS) is 15.0. The van der Waals surface area contributed by atoms with Crippen molar-refractivity contribution in [1.82, 2.24) is 14.9 Å². The van der Waals surface area contributed by atoms with Crippen LogP contribution in [0.25, 0.3) is 10.2 Å². The molecular weight excluding hydrogens is 404 g/mol. The topological polar surface area (TPSA) is 75.2 Å². The van der Waals surface area contributed by atoms with Crippen LogP contribution >= 0.6 is 22.7 Å². The predicted molar refractivity (Wildman–Crippen MR) is 117 cm³/mol. The highest BCUT2D eigenvalue weighted by atomic mass is 32.1. The van der Waals surface area contributed by atoms with Gasteiger partial charge < -0.3 is 10.2 Å². The van der Waals surface area contributed by atoms with Gasteiger partial charge in [-0.25, -0.2) is 9.97 Å². The van der Waals surface area contributed by atoms with E-state index >= 15 is 0 Å². The minimum absolute atomic E-state index is 0.0160. The van der Waals surface area contributed by atoms with Crippen molar-refractivity contribution in [2.75, 3.05) is 18.4 Å². The molecule has 152 valence electrons. The molecule has 0 atom stereocenters. The monoisotopic (exact) mass is 428 g/mol. The molecule has 3 aromatic rings. The largest absolute Gasteiger partial charge is 0.343 e. The molecular formula is C21H24N4O2S2. The lowest BCUT2D eigenvalue weighted by Gasteiger charge is -2.31. The number of carbonyl (C=O) groups excluding carboxylic acids is 2. The van der Waals surface area contributed by atoms with E-state index in [0.717, 1.165) is 29.1 Å². The van der Waals surface area contributed by atoms with E-state index in [-0.39, 0.29) is 17.7 Å². The molecule has 0 unspecified atom stereocenters. The summed E-state index contributed by atoms with van der Waals surface area (Å²) in [6, 6.07) is 8.13. The number of amides is 2. The molecule has 2 aromatic heterocycles. The molecule has 1 saturated heterocycles. The smallest absolute Gasteiger partial charge is 0.229 e. The number of fused-ring (bicyclic) bond motifs is 1. The number of likely N-dealkylation sites (tertiary alicyclic amines) is 1. The molecule has 1 aliphatic rings. The second-order valence-electron chi connectivity index (χ2n) is 7.37. The van der Waals surface area contributed by atoms with Gasteiger partial charge in [-0.05, 0) is 44.7 Å². The van der Waals surface area contributed by atoms with E-state index in [1.807, 2.05) is 35.4 Å². The van der Waals surface area contributed by atoms with Crippen LogP contribution in [0.3, 0.4) is 0 Å². The Kier molecular flexibility index (Phi) is 6.20. The van der Waals surface area contributed by atoms with Crippen LogP contribution in [0.4, 0.5) is 5.13 Å². The maximum atomic E-state index is 12.5. The molecule has 0 saturated carbocycles. The van der Waals surface area contributed by atoms with Gasteiger partial charge in [0.05, 0.1) is 20.9 Å².